The van der Waals surface area contributed by atoms with Crippen molar-refractivity contribution in [1.29, 1.82) is 0 Å². The number of thiophene rings is 1. The Morgan fingerprint density at radius 3 is 2.95 bits per heavy atom. The number of nitrogens with one attached hydrogen (secondary N) is 1. The van der Waals surface area contributed by atoms with Crippen molar-refractivity contribution in [1.82, 2.24) is 9.55 Å². The highest BCUT2D eigenvalue weighted by atomic mass is 32.1. The zero-order valence-corrected chi connectivity index (χ0v) is 12.9. The molecule has 1 aliphatic carbocycles. The highest BCUT2D eigenvalue weighted by molar-refractivity contribution is 7.10. The lowest BCUT2D eigenvalue weighted by Gasteiger charge is -2.26. The van der Waals surface area contributed by atoms with Crippen molar-refractivity contribution in [2.75, 3.05) is 5.32 Å². The molecule has 0 saturated heterocycles. The van der Waals surface area contributed by atoms with Crippen molar-refractivity contribution in [3.05, 3.63) is 34.8 Å². The van der Waals surface area contributed by atoms with Gasteiger partial charge in [-0.05, 0) is 30.7 Å². The Hall–Kier alpha value is -1.29. The Morgan fingerprint density at radius 1 is 1.40 bits per heavy atom. The molecule has 3 rings (SSSR count). The van der Waals surface area contributed by atoms with Crippen molar-refractivity contribution < 1.29 is 0 Å². The fraction of sp³-hybridized carbons (Fsp3) is 0.562. The van der Waals surface area contributed by atoms with Gasteiger partial charge in [-0.3, -0.25) is 0 Å². The van der Waals surface area contributed by atoms with Crippen LogP contribution in [0, 0.1) is 0 Å². The van der Waals surface area contributed by atoms with Gasteiger partial charge in [0.05, 0.1) is 6.04 Å². The highest BCUT2D eigenvalue weighted by Crippen LogP contribution is 2.32. The molecule has 2 aromatic heterocycles. The van der Waals surface area contributed by atoms with Crippen LogP contribution in [0.15, 0.2) is 29.9 Å². The molecule has 108 valence electrons. The minimum Gasteiger partial charge on any atom is -0.348 e. The topological polar surface area (TPSA) is 29.9 Å². The molecule has 0 spiro atoms. The molecule has 2 heterocycles. The van der Waals surface area contributed by atoms with Gasteiger partial charge in [-0.2, -0.15) is 0 Å². The van der Waals surface area contributed by atoms with E-state index in [0.717, 1.165) is 12.4 Å². The first-order valence-corrected chi connectivity index (χ1v) is 8.59. The molecular formula is C16H23N3S. The molecule has 1 fully saturated rings. The van der Waals surface area contributed by atoms with Crippen LogP contribution in [0.2, 0.25) is 0 Å². The molecule has 1 N–H and O–H groups in total. The summed E-state index contributed by atoms with van der Waals surface area (Å²) >= 11 is 1.82. The van der Waals surface area contributed by atoms with Gasteiger partial charge in [-0.25, -0.2) is 4.98 Å². The van der Waals surface area contributed by atoms with E-state index in [2.05, 4.69) is 45.5 Å². The number of rotatable bonds is 5. The van der Waals surface area contributed by atoms with E-state index in [0.29, 0.717) is 12.1 Å². The van der Waals surface area contributed by atoms with E-state index in [1.165, 1.54) is 37.0 Å². The van der Waals surface area contributed by atoms with Gasteiger partial charge < -0.3 is 9.88 Å². The maximum atomic E-state index is 4.55. The third kappa shape index (κ3) is 2.90. The standard InChI is InChI=1S/C16H23N3S/c1-2-14(15-9-6-12-20-15)18-16-17-10-11-19(16)13-7-4-3-5-8-13/h6,9-14H,2-5,7-8H2,1H3,(H,17,18). The Bertz CT molecular complexity index is 512. The van der Waals surface area contributed by atoms with Gasteiger partial charge in [0.25, 0.3) is 0 Å². The molecule has 0 aromatic carbocycles. The largest absolute Gasteiger partial charge is 0.348 e. The lowest BCUT2D eigenvalue weighted by molar-refractivity contribution is 0.355. The van der Waals surface area contributed by atoms with Gasteiger partial charge in [0.15, 0.2) is 0 Å². The van der Waals surface area contributed by atoms with Gasteiger partial charge in [0.2, 0.25) is 5.95 Å². The van der Waals surface area contributed by atoms with Crippen molar-refractivity contribution in [3.63, 3.8) is 0 Å². The van der Waals surface area contributed by atoms with Crippen molar-refractivity contribution in [2.45, 2.75) is 57.5 Å². The first-order chi connectivity index (χ1) is 9.88. The minimum absolute atomic E-state index is 0.375. The van der Waals surface area contributed by atoms with Gasteiger partial charge in [-0.15, -0.1) is 11.3 Å². The molecular weight excluding hydrogens is 266 g/mol. The van der Waals surface area contributed by atoms with Crippen LogP contribution in [-0.2, 0) is 0 Å². The normalized spacial score (nSPS) is 18.1. The Balaban J connectivity index is 1.75. The van der Waals surface area contributed by atoms with Crippen LogP contribution in [0.5, 0.6) is 0 Å². The number of hydrogen-bond donors (Lipinski definition) is 1. The summed E-state index contributed by atoms with van der Waals surface area (Å²) in [5.74, 6) is 1.04. The molecule has 20 heavy (non-hydrogen) atoms. The summed E-state index contributed by atoms with van der Waals surface area (Å²) in [6, 6.07) is 5.34. The van der Waals surface area contributed by atoms with Gasteiger partial charge >= 0.3 is 0 Å². The van der Waals surface area contributed by atoms with Crippen molar-refractivity contribution >= 4 is 17.3 Å². The van der Waals surface area contributed by atoms with Gasteiger partial charge in [-0.1, -0.05) is 32.3 Å². The number of imidazole rings is 1. The fourth-order valence-electron chi connectivity index (χ4n) is 3.10. The highest BCUT2D eigenvalue weighted by Gasteiger charge is 2.19. The first-order valence-electron chi connectivity index (χ1n) is 7.71. The quantitative estimate of drug-likeness (QED) is 0.838. The number of hydrogen-bond acceptors (Lipinski definition) is 3. The fourth-order valence-corrected chi connectivity index (χ4v) is 3.96. The number of nitrogens with zero attached hydrogens (tertiary/aromatic N) is 2. The summed E-state index contributed by atoms with van der Waals surface area (Å²) in [4.78, 5) is 5.94. The Morgan fingerprint density at radius 2 is 2.25 bits per heavy atom. The molecule has 1 atom stereocenters. The van der Waals surface area contributed by atoms with Crippen molar-refractivity contribution in [2.24, 2.45) is 0 Å². The lowest BCUT2D eigenvalue weighted by atomic mass is 9.95. The second-order valence-electron chi connectivity index (χ2n) is 5.57. The van der Waals surface area contributed by atoms with Gasteiger partial charge in [0, 0.05) is 23.3 Å². The molecule has 0 amide bonds. The predicted octanol–water partition coefficient (Wildman–Crippen LogP) is 5.01. The summed E-state index contributed by atoms with van der Waals surface area (Å²) in [7, 11) is 0. The summed E-state index contributed by atoms with van der Waals surface area (Å²) in [5, 5.41) is 5.79. The first kappa shape index (κ1) is 13.7. The molecule has 2 aromatic rings. The molecule has 0 radical (unpaired) electrons. The number of aromatic nitrogens is 2. The summed E-state index contributed by atoms with van der Waals surface area (Å²) in [6.45, 7) is 2.23. The molecule has 1 saturated carbocycles. The van der Waals surface area contributed by atoms with E-state index >= 15 is 0 Å². The zero-order chi connectivity index (χ0) is 13.8. The van der Waals surface area contributed by atoms with Crippen molar-refractivity contribution in [3.8, 4) is 0 Å². The smallest absolute Gasteiger partial charge is 0.203 e. The molecule has 1 aliphatic rings. The minimum atomic E-state index is 0.375. The SMILES string of the molecule is CCC(Nc1nccn1C1CCCCC1)c1cccs1. The van der Waals surface area contributed by atoms with E-state index in [1.807, 2.05) is 17.5 Å². The second kappa shape index (κ2) is 6.44. The lowest BCUT2D eigenvalue weighted by Crippen LogP contribution is -2.17. The second-order valence-corrected chi connectivity index (χ2v) is 6.55. The zero-order valence-electron chi connectivity index (χ0n) is 12.1. The van der Waals surface area contributed by atoms with Crippen LogP contribution in [0.1, 0.15) is 62.4 Å². The van der Waals surface area contributed by atoms with Crippen LogP contribution < -0.4 is 5.32 Å². The van der Waals surface area contributed by atoms with E-state index in [4.69, 9.17) is 0 Å². The third-order valence-electron chi connectivity index (χ3n) is 4.23. The monoisotopic (exact) mass is 289 g/mol. The maximum Gasteiger partial charge on any atom is 0.203 e. The summed E-state index contributed by atoms with van der Waals surface area (Å²) in [6.07, 6.45) is 11.8. The number of anilines is 1. The Labute approximate surface area is 125 Å². The molecule has 0 bridgehead atoms. The maximum absolute atomic E-state index is 4.55. The summed E-state index contributed by atoms with van der Waals surface area (Å²) in [5.41, 5.74) is 0. The van der Waals surface area contributed by atoms with Crippen LogP contribution in [0.3, 0.4) is 0 Å². The van der Waals surface area contributed by atoms with Crippen LogP contribution in [0.25, 0.3) is 0 Å². The Kier molecular flexibility index (Phi) is 4.41. The van der Waals surface area contributed by atoms with E-state index in [1.54, 1.807) is 0 Å². The van der Waals surface area contributed by atoms with Crippen LogP contribution in [0.4, 0.5) is 5.95 Å². The van der Waals surface area contributed by atoms with Crippen LogP contribution >= 0.6 is 11.3 Å². The van der Waals surface area contributed by atoms with E-state index < -0.39 is 0 Å². The van der Waals surface area contributed by atoms with E-state index in [-0.39, 0.29) is 0 Å². The molecule has 1 unspecified atom stereocenters. The van der Waals surface area contributed by atoms with Crippen LogP contribution in [-0.4, -0.2) is 9.55 Å². The predicted molar refractivity (Wildman–Crippen MR) is 85.3 cm³/mol. The van der Waals surface area contributed by atoms with Gasteiger partial charge in [0.1, 0.15) is 0 Å². The molecule has 0 aliphatic heterocycles. The third-order valence-corrected chi connectivity index (χ3v) is 5.22. The average molecular weight is 289 g/mol. The molecule has 4 heteroatoms. The summed E-state index contributed by atoms with van der Waals surface area (Å²) < 4.78 is 2.36. The molecule has 3 nitrogen and oxygen atoms in total. The van der Waals surface area contributed by atoms with E-state index in [9.17, 15) is 0 Å². The average Bonchev–Trinajstić information content (AvgIpc) is 3.17.